The van der Waals surface area contributed by atoms with Gasteiger partial charge in [-0.25, -0.2) is 0 Å². The van der Waals surface area contributed by atoms with Gasteiger partial charge in [-0.05, 0) is 12.8 Å². The summed E-state index contributed by atoms with van der Waals surface area (Å²) in [6.45, 7) is 0.974. The van der Waals surface area contributed by atoms with Crippen molar-refractivity contribution in [2.75, 3.05) is 13.2 Å². The molecule has 11 heavy (non-hydrogen) atoms. The molecule has 0 spiro atoms. The molecule has 0 atom stereocenters. The Morgan fingerprint density at radius 3 is 2.45 bits per heavy atom. The lowest BCUT2D eigenvalue weighted by atomic mass is 9.62. The maximum atomic E-state index is 10.9. The summed E-state index contributed by atoms with van der Waals surface area (Å²) >= 11 is 0. The zero-order valence-electron chi connectivity index (χ0n) is 6.30. The smallest absolute Gasteiger partial charge is 0.226 e. The van der Waals surface area contributed by atoms with Gasteiger partial charge in [0.15, 0.2) is 0 Å². The molecule has 1 saturated carbocycles. The molecule has 0 aromatic rings. The van der Waals surface area contributed by atoms with E-state index < -0.39 is 0 Å². The van der Waals surface area contributed by atoms with Crippen molar-refractivity contribution in [3.63, 3.8) is 0 Å². The molecule has 1 aliphatic carbocycles. The lowest BCUT2D eigenvalue weighted by Gasteiger charge is -2.41. The minimum atomic E-state index is -0.362. The predicted molar refractivity (Wildman–Crippen MR) is 38.6 cm³/mol. The van der Waals surface area contributed by atoms with Gasteiger partial charge in [0, 0.05) is 6.54 Å². The lowest BCUT2D eigenvalue weighted by molar-refractivity contribution is -0.131. The van der Waals surface area contributed by atoms with E-state index in [1.165, 1.54) is 0 Å². The van der Waals surface area contributed by atoms with Crippen LogP contribution in [0.1, 0.15) is 12.8 Å². The quantitative estimate of drug-likeness (QED) is 0.537. The summed E-state index contributed by atoms with van der Waals surface area (Å²) in [5, 5.41) is 0. The lowest BCUT2D eigenvalue weighted by Crippen LogP contribution is -2.54. The minimum absolute atomic E-state index is 0.199. The standard InChI is InChI=1S/C7H12N2O2/c8-3-7-1-6(2-7,4-11-7)5(9)10/h1-4,8H2,(H2,9,10). The van der Waals surface area contributed by atoms with Gasteiger partial charge in [0.1, 0.15) is 0 Å². The van der Waals surface area contributed by atoms with Crippen LogP contribution in [0, 0.1) is 5.41 Å². The first-order chi connectivity index (χ1) is 5.13. The Kier molecular flexibility index (Phi) is 1.13. The average Bonchev–Trinajstić information content (AvgIpc) is 2.39. The van der Waals surface area contributed by atoms with Crippen LogP contribution in [0.25, 0.3) is 0 Å². The van der Waals surface area contributed by atoms with Gasteiger partial charge in [0.25, 0.3) is 0 Å². The maximum absolute atomic E-state index is 10.9. The van der Waals surface area contributed by atoms with Crippen LogP contribution in [0.2, 0.25) is 0 Å². The molecule has 1 amide bonds. The van der Waals surface area contributed by atoms with Crippen LogP contribution < -0.4 is 11.5 Å². The predicted octanol–water partition coefficient (Wildman–Crippen LogP) is -1.02. The third-order valence-electron chi connectivity index (χ3n) is 2.87. The number of hydrogen-bond acceptors (Lipinski definition) is 3. The Labute approximate surface area is 64.9 Å². The molecule has 2 bridgehead atoms. The Hall–Kier alpha value is -0.610. The van der Waals surface area contributed by atoms with Crippen LogP contribution in [0.5, 0.6) is 0 Å². The van der Waals surface area contributed by atoms with Crippen molar-refractivity contribution in [2.24, 2.45) is 16.9 Å². The van der Waals surface area contributed by atoms with Crippen LogP contribution in [-0.2, 0) is 9.53 Å². The molecule has 2 aliphatic heterocycles. The van der Waals surface area contributed by atoms with Gasteiger partial charge >= 0.3 is 0 Å². The van der Waals surface area contributed by atoms with E-state index >= 15 is 0 Å². The maximum Gasteiger partial charge on any atom is 0.226 e. The monoisotopic (exact) mass is 156 g/mol. The van der Waals surface area contributed by atoms with E-state index in [-0.39, 0.29) is 16.9 Å². The van der Waals surface area contributed by atoms with Crippen molar-refractivity contribution in [2.45, 2.75) is 18.4 Å². The molecule has 0 aromatic heterocycles. The van der Waals surface area contributed by atoms with Gasteiger partial charge in [0.05, 0.1) is 17.6 Å². The van der Waals surface area contributed by atoms with Crippen LogP contribution in [-0.4, -0.2) is 24.7 Å². The fourth-order valence-electron chi connectivity index (χ4n) is 2.13. The Morgan fingerprint density at radius 2 is 2.18 bits per heavy atom. The molecule has 62 valence electrons. The van der Waals surface area contributed by atoms with Crippen molar-refractivity contribution in [1.82, 2.24) is 0 Å². The minimum Gasteiger partial charge on any atom is -0.372 e. The molecule has 0 unspecified atom stereocenters. The summed E-state index contributed by atoms with van der Waals surface area (Å²) in [5.74, 6) is -0.237. The second kappa shape index (κ2) is 1.76. The van der Waals surface area contributed by atoms with E-state index in [0.717, 1.165) is 12.8 Å². The molecular weight excluding hydrogens is 144 g/mol. The van der Waals surface area contributed by atoms with Crippen molar-refractivity contribution in [1.29, 1.82) is 0 Å². The van der Waals surface area contributed by atoms with Crippen molar-refractivity contribution >= 4 is 5.91 Å². The van der Waals surface area contributed by atoms with E-state index in [1.807, 2.05) is 0 Å². The molecule has 4 nitrogen and oxygen atoms in total. The molecule has 2 heterocycles. The highest BCUT2D eigenvalue weighted by Crippen LogP contribution is 2.56. The van der Waals surface area contributed by atoms with Crippen molar-refractivity contribution in [3.05, 3.63) is 0 Å². The fraction of sp³-hybridized carbons (Fsp3) is 0.857. The molecular formula is C7H12N2O2. The topological polar surface area (TPSA) is 78.3 Å². The van der Waals surface area contributed by atoms with Gasteiger partial charge in [-0.1, -0.05) is 0 Å². The van der Waals surface area contributed by atoms with Gasteiger partial charge in [0.2, 0.25) is 5.91 Å². The fourth-order valence-corrected chi connectivity index (χ4v) is 2.13. The van der Waals surface area contributed by atoms with Crippen molar-refractivity contribution in [3.8, 4) is 0 Å². The Morgan fingerprint density at radius 1 is 1.55 bits per heavy atom. The second-order valence-electron chi connectivity index (χ2n) is 3.67. The third kappa shape index (κ3) is 0.684. The number of rotatable bonds is 2. The number of nitrogens with two attached hydrogens (primary N) is 2. The van der Waals surface area contributed by atoms with Gasteiger partial charge < -0.3 is 16.2 Å². The summed E-state index contributed by atoms with van der Waals surface area (Å²) in [5.41, 5.74) is 10.2. The molecule has 4 N–H and O–H groups in total. The average molecular weight is 156 g/mol. The largest absolute Gasteiger partial charge is 0.372 e. The number of carbonyl (C=O) groups excluding carboxylic acids is 1. The zero-order valence-corrected chi connectivity index (χ0v) is 6.30. The summed E-state index contributed by atoms with van der Waals surface area (Å²) in [4.78, 5) is 10.9. The highest BCUT2D eigenvalue weighted by atomic mass is 16.5. The molecule has 3 rings (SSSR count). The van der Waals surface area contributed by atoms with E-state index in [4.69, 9.17) is 16.2 Å². The van der Waals surface area contributed by atoms with Gasteiger partial charge in [-0.3, -0.25) is 4.79 Å². The highest BCUT2D eigenvalue weighted by molar-refractivity contribution is 5.83. The Bertz CT molecular complexity index is 208. The van der Waals surface area contributed by atoms with Crippen LogP contribution in [0.15, 0.2) is 0 Å². The Balaban J connectivity index is 2.14. The first-order valence-corrected chi connectivity index (χ1v) is 3.77. The van der Waals surface area contributed by atoms with Gasteiger partial charge in [-0.2, -0.15) is 0 Å². The summed E-state index contributed by atoms with van der Waals surface area (Å²) < 4.78 is 5.40. The molecule has 0 radical (unpaired) electrons. The van der Waals surface area contributed by atoms with E-state index in [1.54, 1.807) is 0 Å². The van der Waals surface area contributed by atoms with Crippen LogP contribution in [0.3, 0.4) is 0 Å². The van der Waals surface area contributed by atoms with Crippen LogP contribution >= 0.6 is 0 Å². The normalized spacial score (nSPS) is 47.0. The van der Waals surface area contributed by atoms with Gasteiger partial charge in [-0.15, -0.1) is 0 Å². The summed E-state index contributed by atoms with van der Waals surface area (Å²) in [7, 11) is 0. The molecule has 3 aliphatic rings. The molecule has 2 saturated heterocycles. The highest BCUT2D eigenvalue weighted by Gasteiger charge is 2.64. The number of primary amides is 1. The van der Waals surface area contributed by atoms with E-state index in [9.17, 15) is 4.79 Å². The third-order valence-corrected chi connectivity index (χ3v) is 2.87. The summed E-state index contributed by atoms with van der Waals surface area (Å²) in [6, 6.07) is 0. The van der Waals surface area contributed by atoms with E-state index in [2.05, 4.69) is 0 Å². The number of fused-ring (bicyclic) bond motifs is 1. The first-order valence-electron chi connectivity index (χ1n) is 3.77. The first kappa shape index (κ1) is 7.06. The number of carbonyl (C=O) groups is 1. The van der Waals surface area contributed by atoms with E-state index in [0.29, 0.717) is 13.2 Å². The number of ether oxygens (including phenoxy) is 1. The zero-order chi connectivity index (χ0) is 8.11. The van der Waals surface area contributed by atoms with Crippen LogP contribution in [0.4, 0.5) is 0 Å². The molecule has 4 heteroatoms. The SMILES string of the molecule is NCC12CC(C(N)=O)(CO1)C2. The second-order valence-corrected chi connectivity index (χ2v) is 3.67. The summed E-state index contributed by atoms with van der Waals surface area (Å²) in [6.07, 6.45) is 1.46. The number of hydrogen-bond donors (Lipinski definition) is 2. The molecule has 0 aromatic carbocycles. The molecule has 3 fully saturated rings. The van der Waals surface area contributed by atoms with Crippen molar-refractivity contribution < 1.29 is 9.53 Å². The number of amides is 1.